The number of hydrogen-bond acceptors (Lipinski definition) is 2. The molecule has 2 aromatic rings. The lowest BCUT2D eigenvalue weighted by atomic mass is 10.2. The third-order valence-electron chi connectivity index (χ3n) is 2.79. The number of nitrogens with zero attached hydrogens (tertiary/aromatic N) is 1. The van der Waals surface area contributed by atoms with Gasteiger partial charge in [0.25, 0.3) is 0 Å². The standard InChI is InChI=1S/C16H16F3NO/c1-20(2)11-12-5-3-7-14(9-12)21-15-8-4-6-13(10-15)16(17,18)19/h3-10H,11H2,1-2H3. The lowest BCUT2D eigenvalue weighted by Gasteiger charge is -2.12. The molecule has 2 rings (SSSR count). The molecule has 0 bridgehead atoms. The van der Waals surface area contributed by atoms with Crippen LogP contribution in [0.25, 0.3) is 0 Å². The van der Waals surface area contributed by atoms with Gasteiger partial charge in [0.15, 0.2) is 0 Å². The molecule has 0 aromatic heterocycles. The maximum Gasteiger partial charge on any atom is 0.416 e. The van der Waals surface area contributed by atoms with Crippen LogP contribution >= 0.6 is 0 Å². The van der Waals surface area contributed by atoms with Crippen molar-refractivity contribution in [3.63, 3.8) is 0 Å². The van der Waals surface area contributed by atoms with Crippen LogP contribution in [0.2, 0.25) is 0 Å². The Hall–Kier alpha value is -2.01. The summed E-state index contributed by atoms with van der Waals surface area (Å²) in [5, 5.41) is 0. The molecule has 21 heavy (non-hydrogen) atoms. The first kappa shape index (κ1) is 15.4. The molecular weight excluding hydrogens is 279 g/mol. The second kappa shape index (κ2) is 6.18. The minimum absolute atomic E-state index is 0.173. The highest BCUT2D eigenvalue weighted by Gasteiger charge is 2.30. The van der Waals surface area contributed by atoms with Gasteiger partial charge in [0.1, 0.15) is 11.5 Å². The zero-order valence-electron chi connectivity index (χ0n) is 11.8. The molecule has 0 saturated carbocycles. The van der Waals surface area contributed by atoms with Crippen molar-refractivity contribution in [1.82, 2.24) is 4.90 Å². The Morgan fingerprint density at radius 1 is 0.952 bits per heavy atom. The number of hydrogen-bond donors (Lipinski definition) is 0. The van der Waals surface area contributed by atoms with E-state index in [2.05, 4.69) is 0 Å². The lowest BCUT2D eigenvalue weighted by molar-refractivity contribution is -0.137. The molecule has 0 spiro atoms. The van der Waals surface area contributed by atoms with Crippen LogP contribution in [-0.2, 0) is 12.7 Å². The van der Waals surface area contributed by atoms with Gasteiger partial charge in [-0.2, -0.15) is 13.2 Å². The van der Waals surface area contributed by atoms with Crippen LogP contribution in [0.4, 0.5) is 13.2 Å². The van der Waals surface area contributed by atoms with Gasteiger partial charge in [-0.1, -0.05) is 18.2 Å². The summed E-state index contributed by atoms with van der Waals surface area (Å²) in [6.45, 7) is 0.736. The molecule has 112 valence electrons. The fraction of sp³-hybridized carbons (Fsp3) is 0.250. The minimum Gasteiger partial charge on any atom is -0.457 e. The van der Waals surface area contributed by atoms with Gasteiger partial charge in [0, 0.05) is 6.54 Å². The minimum atomic E-state index is -4.37. The zero-order valence-corrected chi connectivity index (χ0v) is 11.8. The highest BCUT2D eigenvalue weighted by Crippen LogP contribution is 2.32. The van der Waals surface area contributed by atoms with E-state index in [4.69, 9.17) is 4.74 Å². The van der Waals surface area contributed by atoms with Gasteiger partial charge < -0.3 is 9.64 Å². The molecule has 0 radical (unpaired) electrons. The molecule has 2 aromatic carbocycles. The summed E-state index contributed by atoms with van der Waals surface area (Å²) in [5.41, 5.74) is 0.314. The van der Waals surface area contributed by atoms with Crippen molar-refractivity contribution in [2.24, 2.45) is 0 Å². The summed E-state index contributed by atoms with van der Waals surface area (Å²) in [7, 11) is 3.89. The van der Waals surface area contributed by atoms with Crippen LogP contribution in [0.5, 0.6) is 11.5 Å². The molecule has 0 aliphatic heterocycles. The van der Waals surface area contributed by atoms with Crippen molar-refractivity contribution in [3.8, 4) is 11.5 Å². The first-order valence-corrected chi connectivity index (χ1v) is 6.43. The Balaban J connectivity index is 2.18. The molecule has 0 unspecified atom stereocenters. The van der Waals surface area contributed by atoms with Crippen molar-refractivity contribution in [1.29, 1.82) is 0 Å². The van der Waals surface area contributed by atoms with E-state index in [1.165, 1.54) is 12.1 Å². The van der Waals surface area contributed by atoms with Crippen LogP contribution in [0, 0.1) is 0 Å². The van der Waals surface area contributed by atoms with Crippen molar-refractivity contribution in [2.75, 3.05) is 14.1 Å². The van der Waals surface area contributed by atoms with E-state index in [-0.39, 0.29) is 5.75 Å². The molecule has 0 heterocycles. The largest absolute Gasteiger partial charge is 0.457 e. The van der Waals surface area contributed by atoms with Crippen LogP contribution < -0.4 is 4.74 Å². The predicted molar refractivity (Wildman–Crippen MR) is 75.4 cm³/mol. The summed E-state index contributed by atoms with van der Waals surface area (Å²) in [5.74, 6) is 0.695. The summed E-state index contributed by atoms with van der Waals surface area (Å²) >= 11 is 0. The van der Waals surface area contributed by atoms with E-state index >= 15 is 0 Å². The van der Waals surface area contributed by atoms with Gasteiger partial charge in [-0.05, 0) is 50.0 Å². The quantitative estimate of drug-likeness (QED) is 0.820. The monoisotopic (exact) mass is 295 g/mol. The van der Waals surface area contributed by atoms with Crippen molar-refractivity contribution in [3.05, 3.63) is 59.7 Å². The molecule has 0 N–H and O–H groups in total. The molecule has 0 fully saturated rings. The fourth-order valence-electron chi connectivity index (χ4n) is 1.94. The number of halogens is 3. The van der Waals surface area contributed by atoms with Gasteiger partial charge >= 0.3 is 6.18 Å². The SMILES string of the molecule is CN(C)Cc1cccc(Oc2cccc(C(F)(F)F)c2)c1. The van der Waals surface area contributed by atoms with Gasteiger partial charge in [0.05, 0.1) is 5.56 Å². The predicted octanol–water partition coefficient (Wildman–Crippen LogP) is 4.56. The van der Waals surface area contributed by atoms with E-state index in [9.17, 15) is 13.2 Å². The van der Waals surface area contributed by atoms with Gasteiger partial charge in [-0.15, -0.1) is 0 Å². The number of rotatable bonds is 4. The molecule has 0 amide bonds. The molecule has 0 saturated heterocycles. The number of benzene rings is 2. The average Bonchev–Trinajstić information content (AvgIpc) is 2.37. The molecule has 5 heteroatoms. The number of alkyl halides is 3. The first-order chi connectivity index (χ1) is 9.84. The fourth-order valence-corrected chi connectivity index (χ4v) is 1.94. The Labute approximate surface area is 121 Å². The van der Waals surface area contributed by atoms with E-state index in [0.717, 1.165) is 24.2 Å². The maximum atomic E-state index is 12.7. The first-order valence-electron chi connectivity index (χ1n) is 6.43. The average molecular weight is 295 g/mol. The molecule has 0 aliphatic rings. The zero-order chi connectivity index (χ0) is 15.5. The second-order valence-electron chi connectivity index (χ2n) is 5.01. The normalized spacial score (nSPS) is 11.7. The van der Waals surface area contributed by atoms with Crippen LogP contribution in [-0.4, -0.2) is 19.0 Å². The number of ether oxygens (including phenoxy) is 1. The topological polar surface area (TPSA) is 12.5 Å². The van der Waals surface area contributed by atoms with E-state index in [1.807, 2.05) is 37.2 Å². The Kier molecular flexibility index (Phi) is 4.53. The van der Waals surface area contributed by atoms with Gasteiger partial charge in [-0.25, -0.2) is 0 Å². The van der Waals surface area contributed by atoms with E-state index in [0.29, 0.717) is 5.75 Å². The maximum absolute atomic E-state index is 12.7. The highest BCUT2D eigenvalue weighted by atomic mass is 19.4. The van der Waals surface area contributed by atoms with Crippen LogP contribution in [0.15, 0.2) is 48.5 Å². The Bertz CT molecular complexity index is 608. The Morgan fingerprint density at radius 2 is 1.57 bits per heavy atom. The second-order valence-corrected chi connectivity index (χ2v) is 5.01. The molecule has 2 nitrogen and oxygen atoms in total. The summed E-state index contributed by atoms with van der Waals surface area (Å²) in [4.78, 5) is 2.00. The molecule has 0 aliphatic carbocycles. The lowest BCUT2D eigenvalue weighted by Crippen LogP contribution is -2.10. The summed E-state index contributed by atoms with van der Waals surface area (Å²) in [6.07, 6.45) is -4.37. The van der Waals surface area contributed by atoms with Gasteiger partial charge in [0.2, 0.25) is 0 Å². The van der Waals surface area contributed by atoms with E-state index in [1.54, 1.807) is 6.07 Å². The van der Waals surface area contributed by atoms with Crippen LogP contribution in [0.3, 0.4) is 0 Å². The third-order valence-corrected chi connectivity index (χ3v) is 2.79. The highest BCUT2D eigenvalue weighted by molar-refractivity contribution is 5.36. The smallest absolute Gasteiger partial charge is 0.416 e. The summed E-state index contributed by atoms with van der Waals surface area (Å²) in [6, 6.07) is 12.2. The summed E-state index contributed by atoms with van der Waals surface area (Å²) < 4.78 is 43.5. The molecular formula is C16H16F3NO. The Morgan fingerprint density at radius 3 is 2.19 bits per heavy atom. The van der Waals surface area contributed by atoms with Crippen LogP contribution in [0.1, 0.15) is 11.1 Å². The molecule has 0 atom stereocenters. The van der Waals surface area contributed by atoms with Crippen molar-refractivity contribution in [2.45, 2.75) is 12.7 Å². The third kappa shape index (κ3) is 4.49. The van der Waals surface area contributed by atoms with Crippen molar-refractivity contribution < 1.29 is 17.9 Å². The van der Waals surface area contributed by atoms with E-state index < -0.39 is 11.7 Å². The van der Waals surface area contributed by atoms with Crippen molar-refractivity contribution >= 4 is 0 Å². The van der Waals surface area contributed by atoms with Gasteiger partial charge in [-0.3, -0.25) is 0 Å².